The Hall–Kier alpha value is -2.80. The quantitative estimate of drug-likeness (QED) is 0.817. The van der Waals surface area contributed by atoms with Gasteiger partial charge in [-0.1, -0.05) is 13.8 Å². The molecule has 1 aliphatic rings. The van der Waals surface area contributed by atoms with E-state index in [9.17, 15) is 9.59 Å². The lowest BCUT2D eigenvalue weighted by Gasteiger charge is -2.18. The first-order chi connectivity index (χ1) is 13.9. The van der Waals surface area contributed by atoms with Gasteiger partial charge in [0, 0.05) is 31.6 Å². The van der Waals surface area contributed by atoms with Crippen molar-refractivity contribution in [3.8, 4) is 5.69 Å². The van der Waals surface area contributed by atoms with Crippen LogP contribution in [-0.2, 0) is 9.53 Å². The number of hydrogen-bond acceptors (Lipinski definition) is 4. The molecule has 0 saturated carbocycles. The molecule has 7 nitrogen and oxygen atoms in total. The van der Waals surface area contributed by atoms with E-state index in [0.29, 0.717) is 13.1 Å². The first kappa shape index (κ1) is 24.2. The fourth-order valence-electron chi connectivity index (χ4n) is 3.08. The highest BCUT2D eigenvalue weighted by Crippen LogP contribution is 2.28. The maximum absolute atomic E-state index is 12.2. The van der Waals surface area contributed by atoms with Crippen molar-refractivity contribution in [2.45, 2.75) is 47.6 Å². The number of nitrogens with zero attached hydrogens (tertiary/aromatic N) is 2. The number of carbonyl (C=O) groups excluding carboxylic acids is 2. The molecular formula is C22H33N3O4. The number of ether oxygens (including phenoxy) is 1. The molecule has 2 aromatic rings. The van der Waals surface area contributed by atoms with Gasteiger partial charge in [-0.25, -0.2) is 4.79 Å². The Morgan fingerprint density at radius 3 is 2.21 bits per heavy atom. The van der Waals surface area contributed by atoms with E-state index in [2.05, 4.69) is 9.88 Å². The summed E-state index contributed by atoms with van der Waals surface area (Å²) in [6, 6.07) is 7.95. The molecule has 0 radical (unpaired) electrons. The van der Waals surface area contributed by atoms with Crippen molar-refractivity contribution in [3.05, 3.63) is 47.8 Å². The number of cyclic esters (lactones) is 1. The molecule has 1 fully saturated rings. The molecule has 7 heteroatoms. The third-order valence-corrected chi connectivity index (χ3v) is 4.10. The van der Waals surface area contributed by atoms with Crippen LogP contribution < -0.4 is 10.2 Å². The molecule has 1 atom stereocenters. The van der Waals surface area contributed by atoms with Crippen LogP contribution in [0.2, 0.25) is 0 Å². The van der Waals surface area contributed by atoms with Crippen molar-refractivity contribution >= 4 is 17.7 Å². The average molecular weight is 404 g/mol. The monoisotopic (exact) mass is 403 g/mol. The van der Waals surface area contributed by atoms with Gasteiger partial charge in [0.25, 0.3) is 0 Å². The van der Waals surface area contributed by atoms with E-state index in [-0.39, 0.29) is 24.7 Å². The van der Waals surface area contributed by atoms with Gasteiger partial charge in [-0.3, -0.25) is 9.69 Å². The second kappa shape index (κ2) is 11.9. The maximum Gasteiger partial charge on any atom is 0.414 e. The fourth-order valence-corrected chi connectivity index (χ4v) is 3.08. The molecule has 3 rings (SSSR count). The van der Waals surface area contributed by atoms with Crippen LogP contribution in [0, 0.1) is 13.8 Å². The number of aromatic nitrogens is 1. The highest BCUT2D eigenvalue weighted by atomic mass is 16.6. The maximum atomic E-state index is 12.2. The van der Waals surface area contributed by atoms with Gasteiger partial charge in [0.1, 0.15) is 6.10 Å². The Morgan fingerprint density at radius 1 is 1.21 bits per heavy atom. The number of nitrogens with one attached hydrogen (secondary N) is 1. The van der Waals surface area contributed by atoms with Crippen molar-refractivity contribution < 1.29 is 19.4 Å². The minimum Gasteiger partial charge on any atom is -0.442 e. The van der Waals surface area contributed by atoms with Gasteiger partial charge in [0.05, 0.1) is 18.8 Å². The average Bonchev–Trinajstić information content (AvgIpc) is 3.31. The zero-order valence-electron chi connectivity index (χ0n) is 18.2. The smallest absolute Gasteiger partial charge is 0.414 e. The summed E-state index contributed by atoms with van der Waals surface area (Å²) in [5, 5.41) is 10.3. The summed E-state index contributed by atoms with van der Waals surface area (Å²) in [6.45, 7) is 12.2. The zero-order valence-corrected chi connectivity index (χ0v) is 18.2. The summed E-state index contributed by atoms with van der Waals surface area (Å²) >= 11 is 0. The largest absolute Gasteiger partial charge is 0.442 e. The van der Waals surface area contributed by atoms with Crippen molar-refractivity contribution in [2.75, 3.05) is 24.6 Å². The summed E-state index contributed by atoms with van der Waals surface area (Å²) in [6.07, 6.45) is 3.30. The standard InChI is InChI=1S/C18H21N3O3.C2H6O.C2H6/c1-12-8-15(9-13(2)17(12)20-6-4-5-7-20)21-11-16(24-18(21)23)10-19-14(3)22;1-2-3;1-2/h4-9,16H,10-11H2,1-3H3,(H,19,22);3H,2H2,1H3;1-2H3/t16-;;/m0../s1. The lowest BCUT2D eigenvalue weighted by atomic mass is 10.1. The van der Waals surface area contributed by atoms with E-state index >= 15 is 0 Å². The number of anilines is 1. The number of amides is 2. The minimum atomic E-state index is -0.377. The van der Waals surface area contributed by atoms with Gasteiger partial charge in [-0.15, -0.1) is 0 Å². The number of benzene rings is 1. The summed E-state index contributed by atoms with van der Waals surface area (Å²) < 4.78 is 7.39. The molecule has 2 heterocycles. The number of carbonyl (C=O) groups is 2. The Labute approximate surface area is 173 Å². The lowest BCUT2D eigenvalue weighted by molar-refractivity contribution is -0.119. The molecule has 1 saturated heterocycles. The number of aliphatic hydroxyl groups excluding tert-OH is 1. The molecular weight excluding hydrogens is 370 g/mol. The zero-order chi connectivity index (χ0) is 22.0. The second-order valence-electron chi connectivity index (χ2n) is 6.39. The highest BCUT2D eigenvalue weighted by Gasteiger charge is 2.32. The molecule has 0 bridgehead atoms. The number of rotatable bonds is 4. The van der Waals surface area contributed by atoms with Crippen molar-refractivity contribution in [1.29, 1.82) is 0 Å². The predicted molar refractivity (Wildman–Crippen MR) is 116 cm³/mol. The Balaban J connectivity index is 0.000000771. The van der Waals surface area contributed by atoms with E-state index < -0.39 is 0 Å². The van der Waals surface area contributed by atoms with Crippen LogP contribution >= 0.6 is 0 Å². The molecule has 1 aliphatic heterocycles. The van der Waals surface area contributed by atoms with Gasteiger partial charge in [-0.05, 0) is 56.2 Å². The molecule has 160 valence electrons. The normalized spacial score (nSPS) is 14.9. The molecule has 0 aliphatic carbocycles. The Bertz CT molecular complexity index is 764. The molecule has 29 heavy (non-hydrogen) atoms. The predicted octanol–water partition coefficient (Wildman–Crippen LogP) is 3.58. The first-order valence-corrected chi connectivity index (χ1v) is 9.95. The third kappa shape index (κ3) is 6.64. The van der Waals surface area contributed by atoms with Gasteiger partial charge >= 0.3 is 6.09 Å². The molecule has 2 amide bonds. The van der Waals surface area contributed by atoms with Crippen molar-refractivity contribution in [3.63, 3.8) is 0 Å². The molecule has 0 unspecified atom stereocenters. The van der Waals surface area contributed by atoms with E-state index in [0.717, 1.165) is 22.5 Å². The van der Waals surface area contributed by atoms with Crippen LogP contribution in [-0.4, -0.2) is 47.5 Å². The van der Waals surface area contributed by atoms with E-state index in [4.69, 9.17) is 9.84 Å². The van der Waals surface area contributed by atoms with Gasteiger partial charge in [0.2, 0.25) is 5.91 Å². The molecule has 0 spiro atoms. The first-order valence-electron chi connectivity index (χ1n) is 9.95. The number of aliphatic hydroxyl groups is 1. The molecule has 2 N–H and O–H groups in total. The van der Waals surface area contributed by atoms with E-state index in [1.807, 2.05) is 64.4 Å². The lowest BCUT2D eigenvalue weighted by Crippen LogP contribution is -2.33. The summed E-state index contributed by atoms with van der Waals surface area (Å²) in [5.74, 6) is -0.132. The van der Waals surface area contributed by atoms with Gasteiger partial charge < -0.3 is 19.7 Å². The second-order valence-corrected chi connectivity index (χ2v) is 6.39. The topological polar surface area (TPSA) is 83.8 Å². The summed E-state index contributed by atoms with van der Waals surface area (Å²) in [5.41, 5.74) is 4.10. The van der Waals surface area contributed by atoms with E-state index in [1.54, 1.807) is 11.8 Å². The van der Waals surface area contributed by atoms with Crippen LogP contribution in [0.5, 0.6) is 0 Å². The van der Waals surface area contributed by atoms with Gasteiger partial charge in [0.15, 0.2) is 0 Å². The molecule has 1 aromatic heterocycles. The van der Waals surface area contributed by atoms with Crippen molar-refractivity contribution in [1.82, 2.24) is 9.88 Å². The van der Waals surface area contributed by atoms with Crippen molar-refractivity contribution in [2.24, 2.45) is 0 Å². The Morgan fingerprint density at radius 2 is 1.72 bits per heavy atom. The van der Waals surface area contributed by atoms with Crippen LogP contribution in [0.1, 0.15) is 38.8 Å². The van der Waals surface area contributed by atoms with Crippen LogP contribution in [0.25, 0.3) is 5.69 Å². The SMILES string of the molecule is CC.CC(=O)NC[C@H]1CN(c2cc(C)c(-n3cccc3)c(C)c2)C(=O)O1.CCO. The highest BCUT2D eigenvalue weighted by molar-refractivity contribution is 5.90. The fraction of sp³-hybridized carbons (Fsp3) is 0.455. The van der Waals surface area contributed by atoms with Crippen LogP contribution in [0.4, 0.5) is 10.5 Å². The van der Waals surface area contributed by atoms with Crippen LogP contribution in [0.15, 0.2) is 36.7 Å². The molecule has 1 aromatic carbocycles. The number of hydrogen-bond donors (Lipinski definition) is 2. The number of aryl methyl sites for hydroxylation is 2. The van der Waals surface area contributed by atoms with E-state index in [1.165, 1.54) is 6.92 Å². The summed E-state index contributed by atoms with van der Waals surface area (Å²) in [7, 11) is 0. The Kier molecular flexibility index (Phi) is 9.96. The van der Waals surface area contributed by atoms with Crippen LogP contribution in [0.3, 0.4) is 0 Å². The summed E-state index contributed by atoms with van der Waals surface area (Å²) in [4.78, 5) is 24.8. The minimum absolute atomic E-state index is 0.132. The third-order valence-electron chi connectivity index (χ3n) is 4.10. The van der Waals surface area contributed by atoms with Gasteiger partial charge in [-0.2, -0.15) is 0 Å².